The van der Waals surface area contributed by atoms with Crippen molar-refractivity contribution in [2.24, 2.45) is 5.92 Å². The number of benzene rings is 3. The van der Waals surface area contributed by atoms with Gasteiger partial charge in [0.2, 0.25) is 5.91 Å². The van der Waals surface area contributed by atoms with Crippen LogP contribution in [0.3, 0.4) is 0 Å². The molecule has 4 nitrogen and oxygen atoms in total. The molecule has 1 aliphatic rings. The third-order valence-corrected chi connectivity index (χ3v) is 5.06. The van der Waals surface area contributed by atoms with E-state index in [0.717, 1.165) is 28.4 Å². The first kappa shape index (κ1) is 17.3. The minimum Gasteiger partial charge on any atom is -0.426 e. The van der Waals surface area contributed by atoms with Gasteiger partial charge in [-0.1, -0.05) is 55.5 Å². The number of para-hydroxylation sites is 1. The van der Waals surface area contributed by atoms with Crippen LogP contribution in [-0.4, -0.2) is 18.4 Å². The lowest BCUT2D eigenvalue weighted by Gasteiger charge is -2.19. The summed E-state index contributed by atoms with van der Waals surface area (Å²) in [5.41, 5.74) is 2.00. The maximum absolute atomic E-state index is 12.6. The Morgan fingerprint density at radius 2 is 1.78 bits per heavy atom. The number of esters is 1. The van der Waals surface area contributed by atoms with E-state index in [1.54, 1.807) is 11.0 Å². The topological polar surface area (TPSA) is 46.6 Å². The molecule has 136 valence electrons. The van der Waals surface area contributed by atoms with Crippen LogP contribution in [0.15, 0.2) is 66.7 Å². The van der Waals surface area contributed by atoms with Gasteiger partial charge in [-0.2, -0.15) is 0 Å². The molecule has 27 heavy (non-hydrogen) atoms. The van der Waals surface area contributed by atoms with Gasteiger partial charge in [-0.25, -0.2) is 0 Å². The Labute approximate surface area is 158 Å². The second kappa shape index (κ2) is 7.23. The Morgan fingerprint density at radius 1 is 1.04 bits per heavy atom. The average molecular weight is 359 g/mol. The summed E-state index contributed by atoms with van der Waals surface area (Å²) in [6.45, 7) is 2.42. The van der Waals surface area contributed by atoms with Crippen LogP contribution in [0.5, 0.6) is 5.75 Å². The van der Waals surface area contributed by atoms with E-state index in [1.807, 2.05) is 60.7 Å². The second-order valence-electron chi connectivity index (χ2n) is 6.82. The van der Waals surface area contributed by atoms with Crippen LogP contribution in [0, 0.1) is 5.92 Å². The Kier molecular flexibility index (Phi) is 4.63. The molecule has 4 rings (SSSR count). The van der Waals surface area contributed by atoms with E-state index in [2.05, 4.69) is 6.92 Å². The summed E-state index contributed by atoms with van der Waals surface area (Å²) >= 11 is 0. The normalized spacial score (nSPS) is 16.7. The van der Waals surface area contributed by atoms with Gasteiger partial charge in [0.25, 0.3) is 0 Å². The Hall–Kier alpha value is -3.14. The van der Waals surface area contributed by atoms with Gasteiger partial charge >= 0.3 is 5.97 Å². The molecule has 0 aliphatic carbocycles. The van der Waals surface area contributed by atoms with Crippen LogP contribution in [0.25, 0.3) is 10.8 Å². The van der Waals surface area contributed by atoms with Crippen molar-refractivity contribution < 1.29 is 14.3 Å². The van der Waals surface area contributed by atoms with Gasteiger partial charge in [0.05, 0.1) is 5.92 Å². The zero-order valence-electron chi connectivity index (χ0n) is 15.2. The number of carbonyl (C=O) groups is 2. The van der Waals surface area contributed by atoms with E-state index in [-0.39, 0.29) is 18.3 Å². The summed E-state index contributed by atoms with van der Waals surface area (Å²) in [5.74, 6) is -0.320. The van der Waals surface area contributed by atoms with Crippen LogP contribution in [0.4, 0.5) is 5.69 Å². The number of anilines is 1. The van der Waals surface area contributed by atoms with Crippen LogP contribution in [0.2, 0.25) is 0 Å². The monoisotopic (exact) mass is 359 g/mol. The van der Waals surface area contributed by atoms with Crippen molar-refractivity contribution in [3.8, 4) is 5.75 Å². The van der Waals surface area contributed by atoms with Gasteiger partial charge in [-0.3, -0.25) is 9.59 Å². The number of amides is 1. The minimum absolute atomic E-state index is 0.0311. The summed E-state index contributed by atoms with van der Waals surface area (Å²) in [6, 6.07) is 21.3. The molecule has 4 heteroatoms. The largest absolute Gasteiger partial charge is 0.426 e. The van der Waals surface area contributed by atoms with E-state index in [4.69, 9.17) is 4.74 Å². The van der Waals surface area contributed by atoms with Gasteiger partial charge < -0.3 is 9.64 Å². The number of hydrogen-bond acceptors (Lipinski definition) is 3. The highest BCUT2D eigenvalue weighted by Crippen LogP contribution is 2.30. The van der Waals surface area contributed by atoms with Gasteiger partial charge in [-0.15, -0.1) is 0 Å². The van der Waals surface area contributed by atoms with E-state index in [9.17, 15) is 9.59 Å². The summed E-state index contributed by atoms with van der Waals surface area (Å²) in [7, 11) is 0. The van der Waals surface area contributed by atoms with Crippen molar-refractivity contribution in [3.63, 3.8) is 0 Å². The Morgan fingerprint density at radius 3 is 2.59 bits per heavy atom. The molecule has 0 spiro atoms. The van der Waals surface area contributed by atoms with E-state index < -0.39 is 5.92 Å². The summed E-state index contributed by atoms with van der Waals surface area (Å²) in [6.07, 6.45) is 1.02. The number of hydrogen-bond donors (Lipinski definition) is 0. The minimum atomic E-state index is -0.450. The van der Waals surface area contributed by atoms with Crippen molar-refractivity contribution in [2.45, 2.75) is 19.8 Å². The molecular weight excluding hydrogens is 338 g/mol. The van der Waals surface area contributed by atoms with Crippen LogP contribution >= 0.6 is 0 Å². The fourth-order valence-corrected chi connectivity index (χ4v) is 3.60. The van der Waals surface area contributed by atoms with Gasteiger partial charge in [0.1, 0.15) is 5.75 Å². The lowest BCUT2D eigenvalue weighted by atomic mass is 10.1. The van der Waals surface area contributed by atoms with Gasteiger partial charge in [-0.05, 0) is 41.0 Å². The Balaban J connectivity index is 1.50. The lowest BCUT2D eigenvalue weighted by Crippen LogP contribution is -2.28. The zero-order chi connectivity index (χ0) is 18.8. The molecule has 0 radical (unpaired) electrons. The highest BCUT2D eigenvalue weighted by Gasteiger charge is 2.37. The molecule has 1 amide bonds. The van der Waals surface area contributed by atoms with Crippen LogP contribution < -0.4 is 9.64 Å². The van der Waals surface area contributed by atoms with Crippen molar-refractivity contribution in [2.75, 3.05) is 11.4 Å². The molecular formula is C23H21NO3. The number of aryl methyl sites for hydroxylation is 1. The molecule has 0 saturated carbocycles. The maximum Gasteiger partial charge on any atom is 0.316 e. The van der Waals surface area contributed by atoms with E-state index >= 15 is 0 Å². The first-order valence-corrected chi connectivity index (χ1v) is 9.24. The SMILES string of the molecule is CCc1ccccc1N1C[C@H](C(=O)Oc2ccc3ccccc3c2)CC1=O. The first-order chi connectivity index (χ1) is 13.2. The fraction of sp³-hybridized carbons (Fsp3) is 0.217. The van der Waals surface area contributed by atoms with E-state index in [1.165, 1.54) is 0 Å². The standard InChI is InChI=1S/C23H21NO3/c1-2-16-7-5-6-10-21(16)24-15-19(14-22(24)25)23(26)27-20-12-11-17-8-3-4-9-18(17)13-20/h3-13,19H,2,14-15H2,1H3/t19-/m1/s1. The Bertz CT molecular complexity index is 1010. The highest BCUT2D eigenvalue weighted by atomic mass is 16.5. The van der Waals surface area contributed by atoms with Crippen molar-refractivity contribution >= 4 is 28.3 Å². The third kappa shape index (κ3) is 3.43. The number of ether oxygens (including phenoxy) is 1. The van der Waals surface area contributed by atoms with Gasteiger partial charge in [0.15, 0.2) is 0 Å². The van der Waals surface area contributed by atoms with Crippen molar-refractivity contribution in [1.82, 2.24) is 0 Å². The molecule has 0 aromatic heterocycles. The summed E-state index contributed by atoms with van der Waals surface area (Å²) in [5, 5.41) is 2.11. The molecule has 1 fully saturated rings. The molecule has 1 aliphatic heterocycles. The lowest BCUT2D eigenvalue weighted by molar-refractivity contribution is -0.139. The number of nitrogens with zero attached hydrogens (tertiary/aromatic N) is 1. The summed E-state index contributed by atoms with van der Waals surface area (Å²) < 4.78 is 5.58. The van der Waals surface area contributed by atoms with Crippen molar-refractivity contribution in [3.05, 3.63) is 72.3 Å². The quantitative estimate of drug-likeness (QED) is 0.514. The van der Waals surface area contributed by atoms with Crippen molar-refractivity contribution in [1.29, 1.82) is 0 Å². The number of carbonyl (C=O) groups excluding carboxylic acids is 2. The molecule has 0 N–H and O–H groups in total. The molecule has 0 bridgehead atoms. The number of rotatable bonds is 4. The van der Waals surface area contributed by atoms with Crippen LogP contribution in [0.1, 0.15) is 18.9 Å². The predicted molar refractivity (Wildman–Crippen MR) is 106 cm³/mol. The molecule has 1 saturated heterocycles. The zero-order valence-corrected chi connectivity index (χ0v) is 15.2. The molecule has 3 aromatic carbocycles. The summed E-state index contributed by atoms with van der Waals surface area (Å²) in [4.78, 5) is 26.8. The average Bonchev–Trinajstić information content (AvgIpc) is 3.09. The van der Waals surface area contributed by atoms with E-state index in [0.29, 0.717) is 12.3 Å². The van der Waals surface area contributed by atoms with Gasteiger partial charge in [0, 0.05) is 18.7 Å². The maximum atomic E-state index is 12.6. The van der Waals surface area contributed by atoms with Crippen LogP contribution in [-0.2, 0) is 16.0 Å². The predicted octanol–water partition coefficient (Wildman–Crippen LogP) is 4.36. The molecule has 3 aromatic rings. The highest BCUT2D eigenvalue weighted by molar-refractivity contribution is 6.00. The molecule has 1 heterocycles. The molecule has 0 unspecified atom stereocenters. The second-order valence-corrected chi connectivity index (χ2v) is 6.82. The smallest absolute Gasteiger partial charge is 0.316 e. The number of fused-ring (bicyclic) bond motifs is 1. The fourth-order valence-electron chi connectivity index (χ4n) is 3.60. The third-order valence-electron chi connectivity index (χ3n) is 5.06. The first-order valence-electron chi connectivity index (χ1n) is 9.24. The molecule has 1 atom stereocenters.